The molecule has 0 N–H and O–H groups in total. The van der Waals surface area contributed by atoms with Crippen LogP contribution in [0.4, 0.5) is 0 Å². The highest BCUT2D eigenvalue weighted by Gasteiger charge is 2.40. The predicted molar refractivity (Wildman–Crippen MR) is 150 cm³/mol. The van der Waals surface area contributed by atoms with E-state index < -0.39 is 6.04 Å². The second kappa shape index (κ2) is 13.9. The number of esters is 2. The van der Waals surface area contributed by atoms with Crippen molar-refractivity contribution >= 4 is 11.9 Å². The zero-order valence-electron chi connectivity index (χ0n) is 22.6. The van der Waals surface area contributed by atoms with Crippen molar-refractivity contribution in [3.8, 4) is 0 Å². The topological polar surface area (TPSA) is 55.8 Å². The Morgan fingerprint density at radius 2 is 1.47 bits per heavy atom. The summed E-state index contributed by atoms with van der Waals surface area (Å²) in [4.78, 5) is 28.4. The third-order valence-electron chi connectivity index (χ3n) is 7.57. The lowest BCUT2D eigenvalue weighted by atomic mass is 9.72. The number of carbonyl (C=O) groups excluding carboxylic acids is 2. The molecule has 0 bridgehead atoms. The van der Waals surface area contributed by atoms with Gasteiger partial charge < -0.3 is 9.47 Å². The highest BCUT2D eigenvalue weighted by atomic mass is 16.5. The smallest absolute Gasteiger partial charge is 0.337 e. The molecule has 2 atom stereocenters. The zero-order valence-corrected chi connectivity index (χ0v) is 22.6. The number of rotatable bonds is 11. The van der Waals surface area contributed by atoms with E-state index in [-0.39, 0.29) is 17.9 Å². The molecule has 0 spiro atoms. The van der Waals surface area contributed by atoms with E-state index in [1.165, 1.54) is 31.9 Å². The Kier molecular flexibility index (Phi) is 10.1. The molecule has 1 aliphatic carbocycles. The van der Waals surface area contributed by atoms with Crippen LogP contribution < -0.4 is 0 Å². The van der Waals surface area contributed by atoms with Crippen molar-refractivity contribution in [1.29, 1.82) is 0 Å². The minimum Gasteiger partial charge on any atom is -0.465 e. The van der Waals surface area contributed by atoms with Gasteiger partial charge in [0.05, 0.1) is 19.3 Å². The molecular weight excluding hydrogens is 474 g/mol. The Morgan fingerprint density at radius 3 is 2.13 bits per heavy atom. The molecule has 1 fully saturated rings. The summed E-state index contributed by atoms with van der Waals surface area (Å²) in [6.45, 7) is 3.29. The summed E-state index contributed by atoms with van der Waals surface area (Å²) in [5, 5.41) is 0. The van der Waals surface area contributed by atoms with Crippen LogP contribution in [0.25, 0.3) is 0 Å². The van der Waals surface area contributed by atoms with Crippen LogP contribution >= 0.6 is 0 Å². The zero-order chi connectivity index (χ0) is 26.7. The minimum absolute atomic E-state index is 0.00283. The lowest BCUT2D eigenvalue weighted by Gasteiger charge is -2.41. The second-order valence-corrected chi connectivity index (χ2v) is 10.1. The van der Waals surface area contributed by atoms with E-state index in [2.05, 4.69) is 41.3 Å². The van der Waals surface area contributed by atoms with Gasteiger partial charge in [0.15, 0.2) is 0 Å². The summed E-state index contributed by atoms with van der Waals surface area (Å²) >= 11 is 0. The van der Waals surface area contributed by atoms with Crippen LogP contribution in [0.3, 0.4) is 0 Å². The maximum Gasteiger partial charge on any atom is 0.337 e. The van der Waals surface area contributed by atoms with Crippen LogP contribution in [0.2, 0.25) is 0 Å². The molecule has 0 radical (unpaired) electrons. The van der Waals surface area contributed by atoms with Crippen LogP contribution in [-0.4, -0.2) is 36.6 Å². The first-order valence-corrected chi connectivity index (χ1v) is 13.8. The third-order valence-corrected chi connectivity index (χ3v) is 7.57. The Morgan fingerprint density at radius 1 is 0.842 bits per heavy atom. The van der Waals surface area contributed by atoms with Crippen LogP contribution in [0, 0.1) is 5.92 Å². The molecule has 0 saturated heterocycles. The van der Waals surface area contributed by atoms with Gasteiger partial charge in [0, 0.05) is 19.0 Å². The fraction of sp³-hybridized carbons (Fsp3) is 0.394. The van der Waals surface area contributed by atoms with Gasteiger partial charge in [-0.15, -0.1) is 0 Å². The van der Waals surface area contributed by atoms with Crippen molar-refractivity contribution < 1.29 is 19.1 Å². The van der Waals surface area contributed by atoms with Gasteiger partial charge >= 0.3 is 11.9 Å². The highest BCUT2D eigenvalue weighted by molar-refractivity contribution is 5.89. The lowest BCUT2D eigenvalue weighted by Crippen LogP contribution is -2.48. The average molecular weight is 514 g/mol. The molecule has 38 heavy (non-hydrogen) atoms. The van der Waals surface area contributed by atoms with E-state index in [0.29, 0.717) is 31.2 Å². The van der Waals surface area contributed by atoms with Gasteiger partial charge in [0.25, 0.3) is 0 Å². The van der Waals surface area contributed by atoms with E-state index in [1.807, 2.05) is 49.4 Å². The normalized spacial score (nSPS) is 15.6. The Labute approximate surface area is 226 Å². The first-order valence-electron chi connectivity index (χ1n) is 13.8. The van der Waals surface area contributed by atoms with Crippen molar-refractivity contribution in [2.45, 2.75) is 64.1 Å². The number of nitrogens with zero attached hydrogens (tertiary/aromatic N) is 1. The number of hydrogen-bond acceptors (Lipinski definition) is 5. The number of methoxy groups -OCH3 is 1. The molecule has 0 amide bonds. The Bertz CT molecular complexity index is 1160. The molecule has 5 heteroatoms. The maximum absolute atomic E-state index is 13.9. The molecule has 3 aromatic rings. The first kappa shape index (κ1) is 27.6. The SMILES string of the molecule is CCOC(=O)[C@H]([C@H](c1ccccc1)C1CCCCC1)N(Cc1ccccc1)Cc1cccc(C(=O)OC)c1. The monoisotopic (exact) mass is 513 g/mol. The molecule has 4 rings (SSSR count). The Balaban J connectivity index is 1.79. The highest BCUT2D eigenvalue weighted by Crippen LogP contribution is 2.41. The summed E-state index contributed by atoms with van der Waals surface area (Å²) < 4.78 is 10.7. The van der Waals surface area contributed by atoms with Crippen molar-refractivity contribution in [3.63, 3.8) is 0 Å². The van der Waals surface area contributed by atoms with Gasteiger partial charge in [-0.2, -0.15) is 0 Å². The average Bonchev–Trinajstić information content (AvgIpc) is 2.97. The number of carbonyl (C=O) groups is 2. The van der Waals surface area contributed by atoms with E-state index >= 15 is 0 Å². The van der Waals surface area contributed by atoms with E-state index in [0.717, 1.165) is 24.0 Å². The quantitative estimate of drug-likeness (QED) is 0.265. The van der Waals surface area contributed by atoms with Crippen molar-refractivity contribution in [2.24, 2.45) is 5.92 Å². The molecular formula is C33H39NO4. The fourth-order valence-electron chi connectivity index (χ4n) is 5.85. The van der Waals surface area contributed by atoms with Crippen molar-refractivity contribution in [1.82, 2.24) is 4.90 Å². The van der Waals surface area contributed by atoms with E-state index in [1.54, 1.807) is 6.07 Å². The fourth-order valence-corrected chi connectivity index (χ4v) is 5.85. The number of hydrogen-bond donors (Lipinski definition) is 0. The van der Waals surface area contributed by atoms with Gasteiger partial charge in [-0.05, 0) is 54.5 Å². The largest absolute Gasteiger partial charge is 0.465 e. The predicted octanol–water partition coefficient (Wildman–Crippen LogP) is 6.77. The summed E-state index contributed by atoms with van der Waals surface area (Å²) in [7, 11) is 1.39. The summed E-state index contributed by atoms with van der Waals surface area (Å²) in [5.41, 5.74) is 3.76. The maximum atomic E-state index is 13.9. The van der Waals surface area contributed by atoms with Crippen LogP contribution in [0.5, 0.6) is 0 Å². The lowest BCUT2D eigenvalue weighted by molar-refractivity contribution is -0.152. The van der Waals surface area contributed by atoms with E-state index in [9.17, 15) is 9.59 Å². The third kappa shape index (κ3) is 7.11. The summed E-state index contributed by atoms with van der Waals surface area (Å²) in [6.07, 6.45) is 5.82. The summed E-state index contributed by atoms with van der Waals surface area (Å²) in [6, 6.07) is 27.8. The molecule has 0 unspecified atom stereocenters. The van der Waals surface area contributed by atoms with Crippen LogP contribution in [0.15, 0.2) is 84.9 Å². The van der Waals surface area contributed by atoms with Gasteiger partial charge in [-0.25, -0.2) is 4.79 Å². The molecule has 3 aromatic carbocycles. The molecule has 0 aliphatic heterocycles. The van der Waals surface area contributed by atoms with Gasteiger partial charge in [0.2, 0.25) is 0 Å². The van der Waals surface area contributed by atoms with Gasteiger partial charge in [0.1, 0.15) is 6.04 Å². The summed E-state index contributed by atoms with van der Waals surface area (Å²) in [5.74, 6) is -0.164. The molecule has 0 heterocycles. The van der Waals surface area contributed by atoms with Crippen LogP contribution in [0.1, 0.15) is 72.0 Å². The molecule has 200 valence electrons. The molecule has 1 saturated carbocycles. The molecule has 0 aromatic heterocycles. The minimum atomic E-state index is -0.470. The molecule has 5 nitrogen and oxygen atoms in total. The first-order chi connectivity index (χ1) is 18.6. The van der Waals surface area contributed by atoms with Gasteiger partial charge in [-0.1, -0.05) is 92.1 Å². The van der Waals surface area contributed by atoms with E-state index in [4.69, 9.17) is 9.47 Å². The number of benzene rings is 3. The van der Waals surface area contributed by atoms with Gasteiger partial charge in [-0.3, -0.25) is 9.69 Å². The second-order valence-electron chi connectivity index (χ2n) is 10.1. The molecule has 1 aliphatic rings. The van der Waals surface area contributed by atoms with Crippen molar-refractivity contribution in [3.05, 3.63) is 107 Å². The number of ether oxygens (including phenoxy) is 2. The Hall–Kier alpha value is -3.44. The van der Waals surface area contributed by atoms with Crippen molar-refractivity contribution in [2.75, 3.05) is 13.7 Å². The standard InChI is InChI=1S/C33H39NO4/c1-3-38-33(36)31(30(27-17-9-5-10-18-27)28-19-11-6-12-20-28)34(23-25-14-7-4-8-15-25)24-26-16-13-21-29(22-26)32(35)37-2/h4-5,7-10,13-18,21-22,28,30-31H,3,6,11-12,19-20,23-24H2,1-2H3/t30-,31+/m1/s1. The van der Waals surface area contributed by atoms with Crippen LogP contribution in [-0.2, 0) is 27.4 Å².